The molecule has 1 amide bonds. The van der Waals surface area contributed by atoms with Crippen LogP contribution in [0.1, 0.15) is 103 Å². The Morgan fingerprint density at radius 1 is 1.00 bits per heavy atom. The predicted octanol–water partition coefficient (Wildman–Crippen LogP) is 5.56. The Labute approximate surface area is 182 Å². The van der Waals surface area contributed by atoms with Crippen LogP contribution in [0.3, 0.4) is 0 Å². The number of aromatic nitrogens is 2. The van der Waals surface area contributed by atoms with Crippen molar-refractivity contribution in [2.45, 2.75) is 109 Å². The van der Waals surface area contributed by atoms with Gasteiger partial charge in [-0.15, -0.1) is 0 Å². The molecule has 1 heterocycles. The Hall–Kier alpha value is -2.11. The fourth-order valence-electron chi connectivity index (χ4n) is 3.44. The molecule has 0 aliphatic rings. The zero-order valence-electron chi connectivity index (χ0n) is 18.7. The van der Waals surface area contributed by atoms with E-state index in [9.17, 15) is 14.7 Å². The summed E-state index contributed by atoms with van der Waals surface area (Å²) in [6.07, 6.45) is 24.1. The molecular weight excluding hydrogens is 378 g/mol. The second kappa shape index (κ2) is 17.7. The highest BCUT2D eigenvalue weighted by Crippen LogP contribution is 2.10. The SMILES string of the molecule is CCCCCCCCC=CCCCCCCCC(=O)N[C@H](Cc1cnc[nH]1)C(=O)O. The van der Waals surface area contributed by atoms with Crippen LogP contribution in [-0.4, -0.2) is 33.0 Å². The number of unbranched alkanes of at least 4 members (excludes halogenated alkanes) is 11. The molecule has 1 rings (SSSR count). The molecule has 1 atom stereocenters. The topological polar surface area (TPSA) is 95.1 Å². The number of carbonyl (C=O) groups is 2. The van der Waals surface area contributed by atoms with E-state index < -0.39 is 12.0 Å². The lowest BCUT2D eigenvalue weighted by Gasteiger charge is -2.13. The number of rotatable bonds is 19. The molecule has 0 bridgehead atoms. The van der Waals surface area contributed by atoms with Gasteiger partial charge in [0, 0.05) is 24.7 Å². The number of carboxylic acid groups (broad SMARTS) is 1. The van der Waals surface area contributed by atoms with Crippen molar-refractivity contribution in [3.05, 3.63) is 30.4 Å². The van der Waals surface area contributed by atoms with Crippen LogP contribution in [0.4, 0.5) is 0 Å². The van der Waals surface area contributed by atoms with Gasteiger partial charge in [0.2, 0.25) is 5.91 Å². The van der Waals surface area contributed by atoms with Gasteiger partial charge in [-0.25, -0.2) is 9.78 Å². The van der Waals surface area contributed by atoms with E-state index in [1.165, 1.54) is 64.1 Å². The lowest BCUT2D eigenvalue weighted by atomic mass is 10.1. The fraction of sp³-hybridized carbons (Fsp3) is 0.708. The number of hydrogen-bond acceptors (Lipinski definition) is 3. The molecule has 170 valence electrons. The first-order chi connectivity index (χ1) is 14.6. The summed E-state index contributed by atoms with van der Waals surface area (Å²) in [7, 11) is 0. The molecule has 0 spiro atoms. The van der Waals surface area contributed by atoms with Gasteiger partial charge in [0.05, 0.1) is 6.33 Å². The molecule has 30 heavy (non-hydrogen) atoms. The van der Waals surface area contributed by atoms with Crippen molar-refractivity contribution in [3.63, 3.8) is 0 Å². The third-order valence-corrected chi connectivity index (χ3v) is 5.28. The normalized spacial score (nSPS) is 12.3. The van der Waals surface area contributed by atoms with Crippen LogP contribution in [0.5, 0.6) is 0 Å². The Morgan fingerprint density at radius 3 is 2.17 bits per heavy atom. The van der Waals surface area contributed by atoms with E-state index in [1.807, 2.05) is 0 Å². The molecule has 0 unspecified atom stereocenters. The van der Waals surface area contributed by atoms with E-state index in [-0.39, 0.29) is 12.3 Å². The number of amides is 1. The summed E-state index contributed by atoms with van der Waals surface area (Å²) < 4.78 is 0. The van der Waals surface area contributed by atoms with Gasteiger partial charge in [-0.1, -0.05) is 70.4 Å². The Kier molecular flexibility index (Phi) is 15.3. The van der Waals surface area contributed by atoms with Crippen molar-refractivity contribution < 1.29 is 14.7 Å². The number of aliphatic carboxylic acids is 1. The van der Waals surface area contributed by atoms with Gasteiger partial charge in [-0.3, -0.25) is 4.79 Å². The third kappa shape index (κ3) is 14.0. The van der Waals surface area contributed by atoms with E-state index in [4.69, 9.17) is 0 Å². The lowest BCUT2D eigenvalue weighted by molar-refractivity contribution is -0.141. The Balaban J connectivity index is 1.96. The average molecular weight is 420 g/mol. The van der Waals surface area contributed by atoms with Gasteiger partial charge < -0.3 is 15.4 Å². The standard InChI is InChI=1S/C24H41N3O3/c1-2-3-4-5-6-7-8-9-10-11-12-13-14-15-16-17-23(28)27-22(24(29)30)18-21-19-25-20-26-21/h9-10,19-20,22H,2-8,11-18H2,1H3,(H,25,26)(H,27,28)(H,29,30)/t22-/m1/s1. The van der Waals surface area contributed by atoms with Crippen LogP contribution >= 0.6 is 0 Å². The predicted molar refractivity (Wildman–Crippen MR) is 121 cm³/mol. The van der Waals surface area contributed by atoms with Crippen LogP contribution in [-0.2, 0) is 16.0 Å². The molecule has 6 nitrogen and oxygen atoms in total. The molecular formula is C24H41N3O3. The number of carboxylic acids is 1. The van der Waals surface area contributed by atoms with Gasteiger partial charge in [0.1, 0.15) is 6.04 Å². The summed E-state index contributed by atoms with van der Waals surface area (Å²) in [6.45, 7) is 2.25. The van der Waals surface area contributed by atoms with Crippen molar-refractivity contribution in [2.24, 2.45) is 0 Å². The highest BCUT2D eigenvalue weighted by molar-refractivity contribution is 5.83. The van der Waals surface area contributed by atoms with Gasteiger partial charge in [-0.05, 0) is 32.1 Å². The van der Waals surface area contributed by atoms with Crippen molar-refractivity contribution >= 4 is 11.9 Å². The second-order valence-electron chi connectivity index (χ2n) is 8.07. The molecule has 0 saturated carbocycles. The molecule has 3 N–H and O–H groups in total. The Morgan fingerprint density at radius 2 is 1.60 bits per heavy atom. The van der Waals surface area contributed by atoms with Crippen LogP contribution in [0.2, 0.25) is 0 Å². The van der Waals surface area contributed by atoms with E-state index in [0.717, 1.165) is 25.7 Å². The smallest absolute Gasteiger partial charge is 0.326 e. The van der Waals surface area contributed by atoms with Crippen molar-refractivity contribution in [1.82, 2.24) is 15.3 Å². The quantitative estimate of drug-likeness (QED) is 0.202. The monoisotopic (exact) mass is 419 g/mol. The summed E-state index contributed by atoms with van der Waals surface area (Å²) in [4.78, 5) is 30.1. The molecule has 0 radical (unpaired) electrons. The molecule has 6 heteroatoms. The highest BCUT2D eigenvalue weighted by Gasteiger charge is 2.20. The number of nitrogens with one attached hydrogen (secondary N) is 2. The minimum atomic E-state index is -1.03. The first-order valence-corrected chi connectivity index (χ1v) is 11.8. The zero-order valence-corrected chi connectivity index (χ0v) is 18.7. The van der Waals surface area contributed by atoms with Gasteiger partial charge in [0.15, 0.2) is 0 Å². The average Bonchev–Trinajstić information content (AvgIpc) is 3.23. The summed E-state index contributed by atoms with van der Waals surface area (Å²) in [6, 6.07) is -0.916. The fourth-order valence-corrected chi connectivity index (χ4v) is 3.44. The first-order valence-electron chi connectivity index (χ1n) is 11.8. The van der Waals surface area contributed by atoms with Gasteiger partial charge in [-0.2, -0.15) is 0 Å². The van der Waals surface area contributed by atoms with E-state index in [1.54, 1.807) is 6.20 Å². The number of aromatic amines is 1. The number of nitrogens with zero attached hydrogens (tertiary/aromatic N) is 1. The van der Waals surface area contributed by atoms with Crippen LogP contribution < -0.4 is 5.32 Å². The molecule has 0 saturated heterocycles. The summed E-state index contributed by atoms with van der Waals surface area (Å²) in [5.41, 5.74) is 0.698. The van der Waals surface area contributed by atoms with Gasteiger partial charge in [0.25, 0.3) is 0 Å². The summed E-state index contributed by atoms with van der Waals surface area (Å²) >= 11 is 0. The summed E-state index contributed by atoms with van der Waals surface area (Å²) in [5, 5.41) is 11.9. The number of imidazole rings is 1. The minimum absolute atomic E-state index is 0.195. The van der Waals surface area contributed by atoms with Crippen LogP contribution in [0, 0.1) is 0 Å². The molecule has 1 aromatic heterocycles. The largest absolute Gasteiger partial charge is 0.480 e. The third-order valence-electron chi connectivity index (χ3n) is 5.28. The van der Waals surface area contributed by atoms with E-state index >= 15 is 0 Å². The first kappa shape index (κ1) is 25.9. The number of carbonyl (C=O) groups excluding carboxylic acids is 1. The molecule has 0 fully saturated rings. The second-order valence-corrected chi connectivity index (χ2v) is 8.07. The van der Waals surface area contributed by atoms with E-state index in [2.05, 4.69) is 34.4 Å². The minimum Gasteiger partial charge on any atom is -0.480 e. The lowest BCUT2D eigenvalue weighted by Crippen LogP contribution is -2.42. The van der Waals surface area contributed by atoms with Crippen LogP contribution in [0.25, 0.3) is 0 Å². The van der Waals surface area contributed by atoms with Crippen LogP contribution in [0.15, 0.2) is 24.7 Å². The van der Waals surface area contributed by atoms with Crippen molar-refractivity contribution in [3.8, 4) is 0 Å². The summed E-state index contributed by atoms with van der Waals surface area (Å²) in [5.74, 6) is -1.22. The molecule has 0 aliphatic carbocycles. The number of H-pyrrole nitrogens is 1. The molecule has 0 aliphatic heterocycles. The maximum atomic E-state index is 12.0. The maximum Gasteiger partial charge on any atom is 0.326 e. The Bertz CT molecular complexity index is 585. The van der Waals surface area contributed by atoms with Crippen molar-refractivity contribution in [2.75, 3.05) is 0 Å². The molecule has 0 aromatic carbocycles. The van der Waals surface area contributed by atoms with E-state index in [0.29, 0.717) is 12.1 Å². The maximum absolute atomic E-state index is 12.0. The highest BCUT2D eigenvalue weighted by atomic mass is 16.4. The number of hydrogen-bond donors (Lipinski definition) is 3. The van der Waals surface area contributed by atoms with Crippen molar-refractivity contribution in [1.29, 1.82) is 0 Å². The molecule has 1 aromatic rings. The van der Waals surface area contributed by atoms with Gasteiger partial charge >= 0.3 is 5.97 Å². The zero-order chi connectivity index (χ0) is 21.9. The number of allylic oxidation sites excluding steroid dienone is 2.